The number of carbonyl (C=O) groups excluding carboxylic acids is 1. The first kappa shape index (κ1) is 19.2. The molecule has 152 valence electrons. The predicted octanol–water partition coefficient (Wildman–Crippen LogP) is 2.16. The van der Waals surface area contributed by atoms with Crippen LogP contribution in [0.2, 0.25) is 0 Å². The third kappa shape index (κ3) is 3.51. The SMILES string of the molecule is CC(=O)Nc1cc2c(-c3nc(S(C)(=O)=O)cc4c3OCC(C)O4)cn(C)c2cn1. The van der Waals surface area contributed by atoms with Gasteiger partial charge in [-0.15, -0.1) is 0 Å². The van der Waals surface area contributed by atoms with Crippen LogP contribution in [0.4, 0.5) is 5.82 Å². The Morgan fingerprint density at radius 2 is 2.10 bits per heavy atom. The first-order valence-corrected chi connectivity index (χ1v) is 10.8. The molecule has 1 aliphatic rings. The third-order valence-corrected chi connectivity index (χ3v) is 5.49. The summed E-state index contributed by atoms with van der Waals surface area (Å²) in [4.78, 5) is 20.1. The van der Waals surface area contributed by atoms with Crippen LogP contribution in [-0.4, -0.2) is 47.8 Å². The number of pyridine rings is 2. The lowest BCUT2D eigenvalue weighted by Gasteiger charge is -2.25. The number of aromatic nitrogens is 3. The van der Waals surface area contributed by atoms with Crippen LogP contribution in [0.15, 0.2) is 29.6 Å². The zero-order valence-electron chi connectivity index (χ0n) is 16.4. The summed E-state index contributed by atoms with van der Waals surface area (Å²) in [5.41, 5.74) is 1.80. The summed E-state index contributed by atoms with van der Waals surface area (Å²) < 4.78 is 37.9. The van der Waals surface area contributed by atoms with Crippen LogP contribution in [-0.2, 0) is 21.7 Å². The largest absolute Gasteiger partial charge is 0.484 e. The molecule has 3 aromatic rings. The van der Waals surface area contributed by atoms with Gasteiger partial charge in [0.05, 0.1) is 11.7 Å². The maximum Gasteiger partial charge on any atom is 0.222 e. The fourth-order valence-corrected chi connectivity index (χ4v) is 3.83. The van der Waals surface area contributed by atoms with Gasteiger partial charge in [-0.2, -0.15) is 0 Å². The molecule has 0 fully saturated rings. The van der Waals surface area contributed by atoms with Crippen LogP contribution in [0.5, 0.6) is 11.5 Å². The number of hydrogen-bond donors (Lipinski definition) is 1. The van der Waals surface area contributed by atoms with Gasteiger partial charge >= 0.3 is 0 Å². The highest BCUT2D eigenvalue weighted by Gasteiger charge is 2.28. The minimum absolute atomic E-state index is 0.0999. The van der Waals surface area contributed by atoms with Crippen LogP contribution in [0, 0.1) is 0 Å². The zero-order chi connectivity index (χ0) is 20.9. The number of fused-ring (bicyclic) bond motifs is 2. The number of amides is 1. The lowest BCUT2D eigenvalue weighted by molar-refractivity contribution is -0.114. The van der Waals surface area contributed by atoms with E-state index >= 15 is 0 Å². The van der Waals surface area contributed by atoms with Gasteiger partial charge in [-0.1, -0.05) is 0 Å². The molecule has 1 amide bonds. The fraction of sp³-hybridized carbons (Fsp3) is 0.316. The molecule has 10 heteroatoms. The van der Waals surface area contributed by atoms with Crippen LogP contribution in [0.3, 0.4) is 0 Å². The van der Waals surface area contributed by atoms with Crippen molar-refractivity contribution in [3.8, 4) is 22.8 Å². The molecular formula is C19H20N4O5S. The molecule has 9 nitrogen and oxygen atoms in total. The van der Waals surface area contributed by atoms with E-state index in [1.54, 1.807) is 12.3 Å². The number of sulfone groups is 1. The lowest BCUT2D eigenvalue weighted by Crippen LogP contribution is -2.26. The van der Waals surface area contributed by atoms with E-state index < -0.39 is 9.84 Å². The van der Waals surface area contributed by atoms with Gasteiger partial charge in [0, 0.05) is 43.4 Å². The smallest absolute Gasteiger partial charge is 0.222 e. The fourth-order valence-electron chi connectivity index (χ4n) is 3.25. The molecule has 1 atom stereocenters. The van der Waals surface area contributed by atoms with E-state index in [1.165, 1.54) is 13.0 Å². The molecule has 3 aromatic heterocycles. The summed E-state index contributed by atoms with van der Waals surface area (Å²) >= 11 is 0. The number of nitrogens with one attached hydrogen (secondary N) is 1. The Morgan fingerprint density at radius 3 is 2.79 bits per heavy atom. The Morgan fingerprint density at radius 1 is 1.34 bits per heavy atom. The maximum atomic E-state index is 12.2. The summed E-state index contributed by atoms with van der Waals surface area (Å²) in [7, 11) is -1.73. The number of ether oxygens (including phenoxy) is 2. The molecule has 4 rings (SSSR count). The van der Waals surface area contributed by atoms with Gasteiger partial charge in [0.1, 0.15) is 24.2 Å². The molecule has 0 aromatic carbocycles. The summed E-state index contributed by atoms with van der Waals surface area (Å²) in [6, 6.07) is 3.11. The van der Waals surface area contributed by atoms with Crippen molar-refractivity contribution < 1.29 is 22.7 Å². The standard InChI is InChI=1S/C19H20N4O5S/c1-10-9-27-19-15(28-10)6-17(29(4,25)26)22-18(19)13-8-23(3)14-7-20-16(5-12(13)14)21-11(2)24/h5-8,10H,9H2,1-4H3,(H,20,21,24). The number of nitrogens with zero attached hydrogens (tertiary/aromatic N) is 3. The summed E-state index contributed by atoms with van der Waals surface area (Å²) in [5, 5.41) is 3.30. The van der Waals surface area contributed by atoms with E-state index in [0.29, 0.717) is 35.2 Å². The van der Waals surface area contributed by atoms with E-state index in [4.69, 9.17) is 9.47 Å². The van der Waals surface area contributed by atoms with Crippen molar-refractivity contribution in [2.24, 2.45) is 7.05 Å². The van der Waals surface area contributed by atoms with Gasteiger partial charge in [-0.25, -0.2) is 18.4 Å². The third-order valence-electron chi connectivity index (χ3n) is 4.52. The van der Waals surface area contributed by atoms with Crippen molar-refractivity contribution in [3.63, 3.8) is 0 Å². The van der Waals surface area contributed by atoms with E-state index in [2.05, 4.69) is 15.3 Å². The number of anilines is 1. The highest BCUT2D eigenvalue weighted by Crippen LogP contribution is 2.43. The van der Waals surface area contributed by atoms with E-state index in [-0.39, 0.29) is 17.0 Å². The average Bonchev–Trinajstić information content (AvgIpc) is 2.95. The van der Waals surface area contributed by atoms with Gasteiger partial charge in [-0.05, 0) is 13.0 Å². The van der Waals surface area contributed by atoms with Gasteiger partial charge in [-0.3, -0.25) is 4.79 Å². The number of hydrogen-bond acceptors (Lipinski definition) is 7. The quantitative estimate of drug-likeness (QED) is 0.696. The van der Waals surface area contributed by atoms with Gasteiger partial charge in [0.25, 0.3) is 0 Å². The molecule has 29 heavy (non-hydrogen) atoms. The second-order valence-electron chi connectivity index (χ2n) is 7.07. The van der Waals surface area contributed by atoms with Crippen molar-refractivity contribution >= 4 is 32.5 Å². The van der Waals surface area contributed by atoms with Crippen molar-refractivity contribution in [1.82, 2.24) is 14.5 Å². The highest BCUT2D eigenvalue weighted by atomic mass is 32.2. The molecule has 0 saturated heterocycles. The molecule has 1 N–H and O–H groups in total. The van der Waals surface area contributed by atoms with Gasteiger partial charge in [0.2, 0.25) is 5.91 Å². The predicted molar refractivity (Wildman–Crippen MR) is 107 cm³/mol. The average molecular weight is 416 g/mol. The Labute approximate surface area is 167 Å². The molecule has 4 heterocycles. The summed E-state index contributed by atoms with van der Waals surface area (Å²) in [5.74, 6) is 0.870. The molecular weight excluding hydrogens is 396 g/mol. The summed E-state index contributed by atoms with van der Waals surface area (Å²) in [6.07, 6.45) is 4.34. The van der Waals surface area contributed by atoms with E-state index in [0.717, 1.165) is 17.2 Å². The molecule has 1 unspecified atom stereocenters. The number of aryl methyl sites for hydroxylation is 1. The molecule has 0 aliphatic carbocycles. The molecule has 0 spiro atoms. The van der Waals surface area contributed by atoms with E-state index in [9.17, 15) is 13.2 Å². The van der Waals surface area contributed by atoms with Crippen molar-refractivity contribution in [3.05, 3.63) is 24.5 Å². The van der Waals surface area contributed by atoms with Crippen molar-refractivity contribution in [1.29, 1.82) is 0 Å². The minimum Gasteiger partial charge on any atom is -0.484 e. The zero-order valence-corrected chi connectivity index (χ0v) is 17.2. The number of carbonyl (C=O) groups is 1. The Hall–Kier alpha value is -3.14. The number of rotatable bonds is 3. The molecule has 0 saturated carbocycles. The first-order chi connectivity index (χ1) is 13.6. The van der Waals surface area contributed by atoms with Gasteiger partial charge in [0.15, 0.2) is 26.4 Å². The first-order valence-electron chi connectivity index (χ1n) is 8.91. The normalized spacial score (nSPS) is 16.1. The lowest BCUT2D eigenvalue weighted by atomic mass is 10.1. The van der Waals surface area contributed by atoms with Gasteiger partial charge < -0.3 is 19.4 Å². The minimum atomic E-state index is -3.58. The Kier molecular flexibility index (Phi) is 4.45. The molecule has 0 bridgehead atoms. The Bertz CT molecular complexity index is 1250. The van der Waals surface area contributed by atoms with E-state index in [1.807, 2.05) is 24.7 Å². The highest BCUT2D eigenvalue weighted by molar-refractivity contribution is 7.90. The maximum absolute atomic E-state index is 12.2. The van der Waals surface area contributed by atoms with Crippen LogP contribution >= 0.6 is 0 Å². The second-order valence-corrected chi connectivity index (χ2v) is 9.03. The second kappa shape index (κ2) is 6.73. The summed E-state index contributed by atoms with van der Waals surface area (Å²) in [6.45, 7) is 3.56. The van der Waals surface area contributed by atoms with Crippen molar-refractivity contribution in [2.45, 2.75) is 25.0 Å². The Balaban J connectivity index is 2.00. The molecule has 0 radical (unpaired) electrons. The van der Waals surface area contributed by atoms with Crippen LogP contribution in [0.25, 0.3) is 22.2 Å². The van der Waals surface area contributed by atoms with Crippen LogP contribution in [0.1, 0.15) is 13.8 Å². The van der Waals surface area contributed by atoms with Crippen molar-refractivity contribution in [2.75, 3.05) is 18.2 Å². The monoisotopic (exact) mass is 416 g/mol. The topological polar surface area (TPSA) is 112 Å². The van der Waals surface area contributed by atoms with Crippen LogP contribution < -0.4 is 14.8 Å². The molecule has 1 aliphatic heterocycles.